The van der Waals surface area contributed by atoms with Crippen LogP contribution in [-0.4, -0.2) is 11.6 Å². The molecular formula is C14H28O2. The van der Waals surface area contributed by atoms with E-state index in [0.717, 1.165) is 0 Å². The van der Waals surface area contributed by atoms with Crippen LogP contribution in [0.15, 0.2) is 0 Å². The molecule has 0 aliphatic heterocycles. The van der Waals surface area contributed by atoms with Crippen LogP contribution in [0.5, 0.6) is 0 Å². The normalized spacial score (nSPS) is 11.5. The Labute approximate surface area is 101 Å². The molecule has 16 heavy (non-hydrogen) atoms. The molecule has 0 bridgehead atoms. The summed E-state index contributed by atoms with van der Waals surface area (Å²) >= 11 is 0. The minimum atomic E-state index is -0.130. The topological polar surface area (TPSA) is 34.1 Å². The zero-order valence-electron chi connectivity index (χ0n) is 12.2. The van der Waals surface area contributed by atoms with Crippen LogP contribution in [0.3, 0.4) is 0 Å². The quantitative estimate of drug-likeness (QED) is 0.715. The molecule has 0 aromatic heterocycles. The molecular weight excluding hydrogens is 200 g/mol. The molecule has 0 aliphatic rings. The van der Waals surface area contributed by atoms with Crippen LogP contribution in [0.4, 0.5) is 0 Å². The monoisotopic (exact) mass is 228 g/mol. The van der Waals surface area contributed by atoms with Gasteiger partial charge < -0.3 is 0 Å². The number of rotatable bonds is 2. The van der Waals surface area contributed by atoms with Crippen molar-refractivity contribution in [2.24, 2.45) is 10.8 Å². The van der Waals surface area contributed by atoms with Gasteiger partial charge in [-0.3, -0.25) is 9.59 Å². The third-order valence-electron chi connectivity index (χ3n) is 2.32. The largest absolute Gasteiger partial charge is 0.299 e. The Kier molecular flexibility index (Phi) is 7.56. The van der Waals surface area contributed by atoms with E-state index >= 15 is 0 Å². The molecule has 2 nitrogen and oxygen atoms in total. The molecule has 0 aliphatic carbocycles. The lowest BCUT2D eigenvalue weighted by Gasteiger charge is -2.13. The molecule has 0 saturated carbocycles. The maximum Gasteiger partial charge on any atom is 0.137 e. The lowest BCUT2D eigenvalue weighted by Crippen LogP contribution is -2.18. The van der Waals surface area contributed by atoms with Crippen molar-refractivity contribution >= 4 is 11.6 Å². The van der Waals surface area contributed by atoms with Gasteiger partial charge in [0.15, 0.2) is 0 Å². The molecule has 0 atom stereocenters. The minimum Gasteiger partial charge on any atom is -0.299 e. The lowest BCUT2D eigenvalue weighted by molar-refractivity contribution is -0.126. The first kappa shape index (κ1) is 17.7. The summed E-state index contributed by atoms with van der Waals surface area (Å²) in [6.45, 7) is 15.5. The first-order chi connectivity index (χ1) is 6.96. The van der Waals surface area contributed by atoms with Gasteiger partial charge in [0.25, 0.3) is 0 Å². The standard InChI is InChI=1S/2C7H14O/c2*1-5-6(8)7(2,3)4/h2*5H2,1-4H3. The zero-order chi connectivity index (χ0) is 13.6. The molecule has 0 heterocycles. The second-order valence-electron chi connectivity index (χ2n) is 6.05. The summed E-state index contributed by atoms with van der Waals surface area (Å²) in [7, 11) is 0. The number of carbonyl (C=O) groups is 2. The predicted molar refractivity (Wildman–Crippen MR) is 69.5 cm³/mol. The average molecular weight is 228 g/mol. The van der Waals surface area contributed by atoms with E-state index in [2.05, 4.69) is 0 Å². The van der Waals surface area contributed by atoms with Gasteiger partial charge in [0.2, 0.25) is 0 Å². The van der Waals surface area contributed by atoms with Crippen molar-refractivity contribution in [1.82, 2.24) is 0 Å². The predicted octanol–water partition coefficient (Wildman–Crippen LogP) is 4.02. The molecule has 0 rings (SSSR count). The van der Waals surface area contributed by atoms with Crippen molar-refractivity contribution in [1.29, 1.82) is 0 Å². The van der Waals surface area contributed by atoms with E-state index < -0.39 is 0 Å². The molecule has 0 N–H and O–H groups in total. The van der Waals surface area contributed by atoms with Crippen LogP contribution >= 0.6 is 0 Å². The Morgan fingerprint density at radius 2 is 0.875 bits per heavy atom. The van der Waals surface area contributed by atoms with Crippen molar-refractivity contribution in [2.45, 2.75) is 68.2 Å². The van der Waals surface area contributed by atoms with Crippen molar-refractivity contribution in [2.75, 3.05) is 0 Å². The lowest BCUT2D eigenvalue weighted by atomic mass is 9.89. The van der Waals surface area contributed by atoms with Gasteiger partial charge >= 0.3 is 0 Å². The van der Waals surface area contributed by atoms with Crippen LogP contribution in [0.2, 0.25) is 0 Å². The SMILES string of the molecule is CCC(=O)C(C)(C)C.CCC(=O)C(C)(C)C. The van der Waals surface area contributed by atoms with Gasteiger partial charge in [0.05, 0.1) is 0 Å². The van der Waals surface area contributed by atoms with Crippen molar-refractivity contribution < 1.29 is 9.59 Å². The molecule has 2 heteroatoms. The fourth-order valence-corrected chi connectivity index (χ4v) is 1.06. The van der Waals surface area contributed by atoms with Crippen LogP contribution in [-0.2, 0) is 9.59 Å². The summed E-state index contributed by atoms with van der Waals surface area (Å²) in [4.78, 5) is 21.7. The molecule has 0 aromatic carbocycles. The minimum absolute atomic E-state index is 0.130. The van der Waals surface area contributed by atoms with Gasteiger partial charge in [0.1, 0.15) is 11.6 Å². The first-order valence-corrected chi connectivity index (χ1v) is 6.03. The van der Waals surface area contributed by atoms with E-state index in [1.54, 1.807) is 0 Å². The highest BCUT2D eigenvalue weighted by Crippen LogP contribution is 2.16. The van der Waals surface area contributed by atoms with E-state index in [9.17, 15) is 9.59 Å². The zero-order valence-corrected chi connectivity index (χ0v) is 12.2. The van der Waals surface area contributed by atoms with Gasteiger partial charge in [-0.15, -0.1) is 0 Å². The number of hydrogen-bond donors (Lipinski definition) is 0. The maximum atomic E-state index is 10.8. The molecule has 0 radical (unpaired) electrons. The highest BCUT2D eigenvalue weighted by molar-refractivity contribution is 5.83. The Balaban J connectivity index is 0. The Bertz CT molecular complexity index is 200. The summed E-state index contributed by atoms with van der Waals surface area (Å²) in [5.74, 6) is 0.662. The van der Waals surface area contributed by atoms with Crippen molar-refractivity contribution in [3.8, 4) is 0 Å². The van der Waals surface area contributed by atoms with Crippen LogP contribution in [0.1, 0.15) is 68.2 Å². The summed E-state index contributed by atoms with van der Waals surface area (Å²) in [5.41, 5.74) is -0.260. The summed E-state index contributed by atoms with van der Waals surface area (Å²) in [5, 5.41) is 0. The number of carbonyl (C=O) groups excluding carboxylic acids is 2. The van der Waals surface area contributed by atoms with E-state index in [1.807, 2.05) is 55.4 Å². The van der Waals surface area contributed by atoms with Crippen molar-refractivity contribution in [3.63, 3.8) is 0 Å². The molecule has 0 unspecified atom stereocenters. The molecule has 0 saturated heterocycles. The average Bonchev–Trinajstić information content (AvgIpc) is 2.13. The molecule has 96 valence electrons. The molecule has 0 fully saturated rings. The molecule has 0 aromatic rings. The number of hydrogen-bond acceptors (Lipinski definition) is 2. The van der Waals surface area contributed by atoms with Crippen LogP contribution < -0.4 is 0 Å². The van der Waals surface area contributed by atoms with Gasteiger partial charge in [-0.05, 0) is 0 Å². The molecule has 0 spiro atoms. The van der Waals surface area contributed by atoms with Crippen LogP contribution in [0.25, 0.3) is 0 Å². The van der Waals surface area contributed by atoms with E-state index in [1.165, 1.54) is 0 Å². The fourth-order valence-electron chi connectivity index (χ4n) is 1.06. The summed E-state index contributed by atoms with van der Waals surface area (Å²) in [6, 6.07) is 0. The van der Waals surface area contributed by atoms with E-state index in [4.69, 9.17) is 0 Å². The fraction of sp³-hybridized carbons (Fsp3) is 0.857. The second kappa shape index (κ2) is 6.82. The van der Waals surface area contributed by atoms with Gasteiger partial charge in [0, 0.05) is 23.7 Å². The summed E-state index contributed by atoms with van der Waals surface area (Å²) in [6.07, 6.45) is 1.31. The smallest absolute Gasteiger partial charge is 0.137 e. The van der Waals surface area contributed by atoms with Gasteiger partial charge in [-0.1, -0.05) is 55.4 Å². The van der Waals surface area contributed by atoms with E-state index in [0.29, 0.717) is 24.4 Å². The summed E-state index contributed by atoms with van der Waals surface area (Å²) < 4.78 is 0. The second-order valence-corrected chi connectivity index (χ2v) is 6.05. The van der Waals surface area contributed by atoms with Gasteiger partial charge in [-0.25, -0.2) is 0 Å². The first-order valence-electron chi connectivity index (χ1n) is 6.03. The maximum absolute atomic E-state index is 10.8. The van der Waals surface area contributed by atoms with Crippen LogP contribution in [0, 0.1) is 10.8 Å². The number of Topliss-reactive ketones (excluding diaryl/α,β-unsaturated/α-hetero) is 2. The van der Waals surface area contributed by atoms with Crippen molar-refractivity contribution in [3.05, 3.63) is 0 Å². The van der Waals surface area contributed by atoms with E-state index in [-0.39, 0.29) is 10.8 Å². The highest BCUT2D eigenvalue weighted by Gasteiger charge is 2.18. The third-order valence-corrected chi connectivity index (χ3v) is 2.32. The third kappa shape index (κ3) is 8.63. The highest BCUT2D eigenvalue weighted by atomic mass is 16.1. The Hall–Kier alpha value is -0.660. The number of ketones is 2. The Morgan fingerprint density at radius 1 is 0.688 bits per heavy atom. The Morgan fingerprint density at radius 3 is 0.875 bits per heavy atom. The van der Waals surface area contributed by atoms with Gasteiger partial charge in [-0.2, -0.15) is 0 Å². The molecule has 0 amide bonds.